The van der Waals surface area contributed by atoms with E-state index in [0.717, 1.165) is 11.1 Å². The molecule has 0 aliphatic carbocycles. The van der Waals surface area contributed by atoms with Crippen LogP contribution in [0.3, 0.4) is 0 Å². The van der Waals surface area contributed by atoms with Crippen LogP contribution in [0, 0.1) is 6.92 Å². The molecule has 0 radical (unpaired) electrons. The number of aliphatic imine (C=N–C) groups is 1. The molecule has 0 N–H and O–H groups in total. The standard InChI is InChI=1S/C19H15NO4/c1-12-7-9-13(10-8-12)17-20-16(19(22)24-17)11-14-5-3-4-6-15(14)18(21)23-2/h3-11H,1-2H3/b16-11-. The Balaban J connectivity index is 1.98. The van der Waals surface area contributed by atoms with Crippen molar-refractivity contribution in [3.8, 4) is 0 Å². The van der Waals surface area contributed by atoms with Crippen molar-refractivity contribution in [2.45, 2.75) is 6.92 Å². The number of benzene rings is 2. The molecule has 24 heavy (non-hydrogen) atoms. The average Bonchev–Trinajstić information content (AvgIpc) is 2.96. The summed E-state index contributed by atoms with van der Waals surface area (Å²) in [6.45, 7) is 1.97. The molecule has 0 amide bonds. The lowest BCUT2D eigenvalue weighted by molar-refractivity contribution is -0.129. The molecule has 120 valence electrons. The fourth-order valence-electron chi connectivity index (χ4n) is 2.29. The van der Waals surface area contributed by atoms with Gasteiger partial charge in [-0.25, -0.2) is 14.6 Å². The van der Waals surface area contributed by atoms with E-state index in [2.05, 4.69) is 4.99 Å². The highest BCUT2D eigenvalue weighted by Gasteiger charge is 2.24. The second kappa shape index (κ2) is 6.50. The van der Waals surface area contributed by atoms with Crippen molar-refractivity contribution < 1.29 is 19.1 Å². The third-order valence-corrected chi connectivity index (χ3v) is 3.58. The zero-order valence-corrected chi connectivity index (χ0v) is 13.3. The quantitative estimate of drug-likeness (QED) is 0.643. The SMILES string of the molecule is COC(=O)c1ccccc1/C=C1\N=C(c2ccc(C)cc2)OC1=O. The van der Waals surface area contributed by atoms with E-state index in [1.807, 2.05) is 31.2 Å². The van der Waals surface area contributed by atoms with Crippen molar-refractivity contribution in [2.75, 3.05) is 7.11 Å². The number of nitrogens with zero attached hydrogens (tertiary/aromatic N) is 1. The minimum absolute atomic E-state index is 0.141. The lowest BCUT2D eigenvalue weighted by atomic mass is 10.1. The van der Waals surface area contributed by atoms with E-state index in [4.69, 9.17) is 9.47 Å². The Labute approximate surface area is 139 Å². The molecule has 0 atom stereocenters. The summed E-state index contributed by atoms with van der Waals surface area (Å²) in [4.78, 5) is 28.1. The number of esters is 2. The highest BCUT2D eigenvalue weighted by atomic mass is 16.6. The van der Waals surface area contributed by atoms with Gasteiger partial charge in [-0.15, -0.1) is 0 Å². The number of aryl methyl sites for hydroxylation is 1. The second-order valence-corrected chi connectivity index (χ2v) is 5.28. The van der Waals surface area contributed by atoms with Gasteiger partial charge in [0.2, 0.25) is 5.90 Å². The van der Waals surface area contributed by atoms with Crippen molar-refractivity contribution in [3.05, 3.63) is 76.5 Å². The van der Waals surface area contributed by atoms with Crippen molar-refractivity contribution >= 4 is 23.9 Å². The van der Waals surface area contributed by atoms with E-state index in [0.29, 0.717) is 11.1 Å². The molecule has 0 saturated heterocycles. The highest BCUT2D eigenvalue weighted by molar-refractivity contribution is 6.13. The smallest absolute Gasteiger partial charge is 0.363 e. The molecule has 5 nitrogen and oxygen atoms in total. The van der Waals surface area contributed by atoms with Crippen LogP contribution in [0.15, 0.2) is 59.2 Å². The van der Waals surface area contributed by atoms with Crippen LogP contribution in [0.4, 0.5) is 0 Å². The Bertz CT molecular complexity index is 863. The van der Waals surface area contributed by atoms with Crippen LogP contribution in [0.25, 0.3) is 6.08 Å². The molecule has 2 aromatic carbocycles. The van der Waals surface area contributed by atoms with Gasteiger partial charge in [-0.3, -0.25) is 0 Å². The molecule has 3 rings (SSSR count). The first-order valence-corrected chi connectivity index (χ1v) is 7.35. The topological polar surface area (TPSA) is 65.0 Å². The Morgan fingerprint density at radius 3 is 2.54 bits per heavy atom. The van der Waals surface area contributed by atoms with E-state index < -0.39 is 11.9 Å². The van der Waals surface area contributed by atoms with Crippen LogP contribution < -0.4 is 0 Å². The number of cyclic esters (lactones) is 1. The first kappa shape index (κ1) is 15.7. The lowest BCUT2D eigenvalue weighted by Gasteiger charge is -2.03. The molecule has 1 heterocycles. The van der Waals surface area contributed by atoms with Crippen LogP contribution in [0.5, 0.6) is 0 Å². The van der Waals surface area contributed by atoms with Gasteiger partial charge in [0.25, 0.3) is 0 Å². The van der Waals surface area contributed by atoms with Gasteiger partial charge in [0.1, 0.15) is 0 Å². The van der Waals surface area contributed by atoms with Gasteiger partial charge >= 0.3 is 11.9 Å². The van der Waals surface area contributed by atoms with E-state index in [1.54, 1.807) is 24.3 Å². The molecule has 0 unspecified atom stereocenters. The van der Waals surface area contributed by atoms with Gasteiger partial charge in [0.05, 0.1) is 12.7 Å². The van der Waals surface area contributed by atoms with Gasteiger partial charge in [-0.05, 0) is 36.8 Å². The summed E-state index contributed by atoms with van der Waals surface area (Å²) in [7, 11) is 1.31. The van der Waals surface area contributed by atoms with Gasteiger partial charge < -0.3 is 9.47 Å². The van der Waals surface area contributed by atoms with Crippen LogP contribution in [0.1, 0.15) is 27.0 Å². The Morgan fingerprint density at radius 1 is 1.12 bits per heavy atom. The highest BCUT2D eigenvalue weighted by Crippen LogP contribution is 2.21. The summed E-state index contributed by atoms with van der Waals surface area (Å²) >= 11 is 0. The number of methoxy groups -OCH3 is 1. The maximum absolute atomic E-state index is 12.1. The first-order valence-electron chi connectivity index (χ1n) is 7.35. The number of hydrogen-bond acceptors (Lipinski definition) is 5. The maximum Gasteiger partial charge on any atom is 0.363 e. The first-order chi connectivity index (χ1) is 11.6. The summed E-state index contributed by atoms with van der Waals surface area (Å²) in [5.41, 5.74) is 2.87. The summed E-state index contributed by atoms with van der Waals surface area (Å²) in [6.07, 6.45) is 1.52. The van der Waals surface area contributed by atoms with Gasteiger partial charge in [0.15, 0.2) is 5.70 Å². The molecule has 1 aliphatic rings. The molecule has 0 saturated carbocycles. The van der Waals surface area contributed by atoms with Gasteiger partial charge in [-0.2, -0.15) is 0 Å². The fourth-order valence-corrected chi connectivity index (χ4v) is 2.29. The molecule has 1 aliphatic heterocycles. The predicted molar refractivity (Wildman–Crippen MR) is 89.6 cm³/mol. The normalized spacial score (nSPS) is 15.2. The molecule has 0 bridgehead atoms. The minimum Gasteiger partial charge on any atom is -0.465 e. The maximum atomic E-state index is 12.1. The van der Waals surface area contributed by atoms with Crippen LogP contribution in [0.2, 0.25) is 0 Å². The molecular formula is C19H15NO4. The molecule has 0 fully saturated rings. The molecule has 5 heteroatoms. The van der Waals surface area contributed by atoms with Gasteiger partial charge in [0, 0.05) is 5.56 Å². The van der Waals surface area contributed by atoms with Crippen LogP contribution >= 0.6 is 0 Å². The van der Waals surface area contributed by atoms with E-state index in [1.165, 1.54) is 13.2 Å². The molecular weight excluding hydrogens is 306 g/mol. The molecule has 0 aromatic heterocycles. The lowest BCUT2D eigenvalue weighted by Crippen LogP contribution is -2.06. The van der Waals surface area contributed by atoms with Crippen molar-refractivity contribution in [1.82, 2.24) is 0 Å². The Morgan fingerprint density at radius 2 is 1.83 bits per heavy atom. The Hall–Kier alpha value is -3.21. The third kappa shape index (κ3) is 3.10. The van der Waals surface area contributed by atoms with Crippen molar-refractivity contribution in [2.24, 2.45) is 4.99 Å². The number of rotatable bonds is 3. The zero-order valence-electron chi connectivity index (χ0n) is 13.3. The molecule has 2 aromatic rings. The average molecular weight is 321 g/mol. The Kier molecular flexibility index (Phi) is 4.24. The minimum atomic E-state index is -0.551. The summed E-state index contributed by atoms with van der Waals surface area (Å²) in [6, 6.07) is 14.3. The summed E-state index contributed by atoms with van der Waals surface area (Å²) in [5.74, 6) is -0.774. The fraction of sp³-hybridized carbons (Fsp3) is 0.105. The summed E-state index contributed by atoms with van der Waals surface area (Å²) < 4.78 is 9.98. The van der Waals surface area contributed by atoms with E-state index >= 15 is 0 Å². The number of hydrogen-bond donors (Lipinski definition) is 0. The largest absolute Gasteiger partial charge is 0.465 e. The summed E-state index contributed by atoms with van der Waals surface area (Å²) in [5, 5.41) is 0. The van der Waals surface area contributed by atoms with Crippen LogP contribution in [-0.4, -0.2) is 24.9 Å². The number of carbonyl (C=O) groups is 2. The van der Waals surface area contributed by atoms with E-state index in [9.17, 15) is 9.59 Å². The second-order valence-electron chi connectivity index (χ2n) is 5.28. The van der Waals surface area contributed by atoms with E-state index in [-0.39, 0.29) is 11.6 Å². The molecule has 0 spiro atoms. The van der Waals surface area contributed by atoms with Crippen molar-refractivity contribution in [1.29, 1.82) is 0 Å². The number of carbonyl (C=O) groups excluding carboxylic acids is 2. The zero-order chi connectivity index (χ0) is 17.1. The predicted octanol–water partition coefficient (Wildman–Crippen LogP) is 3.13. The number of ether oxygens (including phenoxy) is 2. The third-order valence-electron chi connectivity index (χ3n) is 3.58. The monoisotopic (exact) mass is 321 g/mol. The van der Waals surface area contributed by atoms with Gasteiger partial charge in [-0.1, -0.05) is 35.9 Å². The van der Waals surface area contributed by atoms with Crippen LogP contribution in [-0.2, 0) is 14.3 Å². The van der Waals surface area contributed by atoms with Crippen molar-refractivity contribution in [3.63, 3.8) is 0 Å².